The van der Waals surface area contributed by atoms with Crippen LogP contribution in [-0.2, 0) is 16.6 Å². The Morgan fingerprint density at radius 1 is 0.935 bits per heavy atom. The summed E-state index contributed by atoms with van der Waals surface area (Å²) in [5, 5.41) is 4.12. The highest BCUT2D eigenvalue weighted by Crippen LogP contribution is 2.38. The maximum atomic E-state index is 13.4. The van der Waals surface area contributed by atoms with E-state index in [9.17, 15) is 8.42 Å². The van der Waals surface area contributed by atoms with E-state index in [0.29, 0.717) is 35.7 Å². The molecule has 1 atom stereocenters. The van der Waals surface area contributed by atoms with Crippen LogP contribution in [0.15, 0.2) is 39.8 Å². The molecule has 1 saturated carbocycles. The lowest BCUT2D eigenvalue weighted by atomic mass is 9.87. The van der Waals surface area contributed by atoms with Crippen molar-refractivity contribution in [2.75, 3.05) is 19.6 Å². The number of piperidine rings is 1. The Balaban J connectivity index is 1.25. The Morgan fingerprint density at radius 3 is 2.45 bits per heavy atom. The van der Waals surface area contributed by atoms with Crippen LogP contribution in [0.1, 0.15) is 69.0 Å². The van der Waals surface area contributed by atoms with Crippen LogP contribution in [-0.4, -0.2) is 53.4 Å². The number of benzene rings is 1. The van der Waals surface area contributed by atoms with Crippen LogP contribution in [0.4, 0.5) is 0 Å². The fourth-order valence-corrected chi connectivity index (χ4v) is 6.91. The molecule has 0 spiro atoms. The first kappa shape index (κ1) is 21.1. The van der Waals surface area contributed by atoms with E-state index in [1.165, 1.54) is 12.8 Å². The van der Waals surface area contributed by atoms with Crippen molar-refractivity contribution in [2.24, 2.45) is 5.92 Å². The van der Waals surface area contributed by atoms with Gasteiger partial charge in [0.15, 0.2) is 5.82 Å². The molecule has 0 bridgehead atoms. The molecule has 2 aliphatic heterocycles. The van der Waals surface area contributed by atoms with Crippen molar-refractivity contribution < 1.29 is 12.9 Å². The molecule has 3 heterocycles. The van der Waals surface area contributed by atoms with Gasteiger partial charge in [0.2, 0.25) is 15.9 Å². The fraction of sp³-hybridized carbons (Fsp3) is 0.652. The summed E-state index contributed by atoms with van der Waals surface area (Å²) in [5.41, 5.74) is 0. The molecular formula is C23H32N4O3S. The molecule has 8 heteroatoms. The zero-order valence-corrected chi connectivity index (χ0v) is 18.8. The molecule has 1 aromatic heterocycles. The number of sulfonamides is 1. The van der Waals surface area contributed by atoms with Crippen LogP contribution in [0, 0.1) is 5.92 Å². The lowest BCUT2D eigenvalue weighted by Gasteiger charge is -2.39. The standard InChI is InChI=1S/C23H32N4O3S/c28-31(29,20-7-3-1-4-8-20)27-14-6-2-5-9-21(27)18-12-15-26(16-13-18)17-22-24-23(25-30-22)19-10-11-19/h1,3-4,7-8,18-19,21H,2,5-6,9-17H2/t21-/m1/s1. The van der Waals surface area contributed by atoms with Crippen LogP contribution in [0.5, 0.6) is 0 Å². The van der Waals surface area contributed by atoms with Crippen LogP contribution in [0.3, 0.4) is 0 Å². The Labute approximate surface area is 184 Å². The number of aromatic nitrogens is 2. The van der Waals surface area contributed by atoms with Crippen molar-refractivity contribution in [3.8, 4) is 0 Å². The smallest absolute Gasteiger partial charge is 0.243 e. The third-order valence-corrected chi connectivity index (χ3v) is 9.00. The number of hydrogen-bond acceptors (Lipinski definition) is 6. The minimum atomic E-state index is -3.46. The molecule has 168 valence electrons. The van der Waals surface area contributed by atoms with Gasteiger partial charge in [-0.1, -0.05) is 36.2 Å². The van der Waals surface area contributed by atoms with Crippen molar-refractivity contribution in [3.63, 3.8) is 0 Å². The molecule has 2 aromatic rings. The molecule has 0 N–H and O–H groups in total. The topological polar surface area (TPSA) is 79.5 Å². The molecule has 0 unspecified atom stereocenters. The van der Waals surface area contributed by atoms with E-state index in [0.717, 1.165) is 57.4 Å². The summed E-state index contributed by atoms with van der Waals surface area (Å²) in [5.74, 6) is 2.49. The molecule has 7 nitrogen and oxygen atoms in total. The average Bonchev–Trinajstić information content (AvgIpc) is 3.59. The van der Waals surface area contributed by atoms with Crippen LogP contribution in [0.2, 0.25) is 0 Å². The summed E-state index contributed by atoms with van der Waals surface area (Å²) >= 11 is 0. The predicted octanol–water partition coefficient (Wildman–Crippen LogP) is 3.79. The molecule has 31 heavy (non-hydrogen) atoms. The minimum Gasteiger partial charge on any atom is -0.338 e. The Kier molecular flexibility index (Phi) is 6.12. The van der Waals surface area contributed by atoms with Crippen molar-refractivity contribution in [2.45, 2.75) is 74.8 Å². The van der Waals surface area contributed by atoms with Crippen LogP contribution >= 0.6 is 0 Å². The van der Waals surface area contributed by atoms with Gasteiger partial charge < -0.3 is 4.52 Å². The van der Waals surface area contributed by atoms with E-state index in [-0.39, 0.29) is 6.04 Å². The first-order valence-electron chi connectivity index (χ1n) is 11.7. The molecular weight excluding hydrogens is 412 g/mol. The summed E-state index contributed by atoms with van der Waals surface area (Å²) < 4.78 is 34.2. The summed E-state index contributed by atoms with van der Waals surface area (Å²) in [6, 6.07) is 9.03. The van der Waals surface area contributed by atoms with Gasteiger partial charge in [0.05, 0.1) is 11.4 Å². The number of nitrogens with zero attached hydrogens (tertiary/aromatic N) is 4. The average molecular weight is 445 g/mol. The van der Waals surface area contributed by atoms with Gasteiger partial charge in [-0.05, 0) is 69.7 Å². The third kappa shape index (κ3) is 4.71. The monoisotopic (exact) mass is 444 g/mol. The molecule has 0 amide bonds. The second-order valence-electron chi connectivity index (χ2n) is 9.28. The molecule has 3 fully saturated rings. The number of rotatable bonds is 6. The van der Waals surface area contributed by atoms with Crippen LogP contribution in [0.25, 0.3) is 0 Å². The summed E-state index contributed by atoms with van der Waals surface area (Å²) in [4.78, 5) is 7.35. The van der Waals surface area contributed by atoms with Crippen molar-refractivity contribution >= 4 is 10.0 Å². The number of likely N-dealkylation sites (tertiary alicyclic amines) is 1. The molecule has 1 aromatic carbocycles. The van der Waals surface area contributed by atoms with Gasteiger partial charge in [-0.15, -0.1) is 0 Å². The van der Waals surface area contributed by atoms with Gasteiger partial charge in [-0.25, -0.2) is 8.42 Å². The predicted molar refractivity (Wildman–Crippen MR) is 117 cm³/mol. The SMILES string of the molecule is O=S(=O)(c1ccccc1)N1CCCCC[C@@H]1C1CCN(Cc2nc(C3CC3)no2)CC1. The second-order valence-corrected chi connectivity index (χ2v) is 11.2. The lowest BCUT2D eigenvalue weighted by molar-refractivity contribution is 0.115. The van der Waals surface area contributed by atoms with Gasteiger partial charge in [-0.2, -0.15) is 9.29 Å². The van der Waals surface area contributed by atoms with E-state index >= 15 is 0 Å². The van der Waals surface area contributed by atoms with Crippen molar-refractivity contribution in [3.05, 3.63) is 42.0 Å². The fourth-order valence-electron chi connectivity index (χ4n) is 5.13. The summed E-state index contributed by atoms with van der Waals surface area (Å²) in [6.45, 7) is 3.22. The second kappa shape index (κ2) is 9.00. The Morgan fingerprint density at radius 2 is 1.71 bits per heavy atom. The van der Waals surface area contributed by atoms with Gasteiger partial charge in [0.25, 0.3) is 0 Å². The first-order valence-corrected chi connectivity index (χ1v) is 13.2. The molecule has 5 rings (SSSR count). The van der Waals surface area contributed by atoms with Gasteiger partial charge in [0, 0.05) is 18.5 Å². The van der Waals surface area contributed by atoms with Gasteiger partial charge in [0.1, 0.15) is 0 Å². The molecule has 1 aliphatic carbocycles. The molecule has 2 saturated heterocycles. The number of hydrogen-bond donors (Lipinski definition) is 0. The van der Waals surface area contributed by atoms with Crippen LogP contribution < -0.4 is 0 Å². The zero-order chi connectivity index (χ0) is 21.3. The lowest BCUT2D eigenvalue weighted by Crippen LogP contribution is -2.47. The quantitative estimate of drug-likeness (QED) is 0.674. The first-order chi connectivity index (χ1) is 15.1. The largest absolute Gasteiger partial charge is 0.338 e. The van der Waals surface area contributed by atoms with Crippen molar-refractivity contribution in [1.82, 2.24) is 19.3 Å². The van der Waals surface area contributed by atoms with Gasteiger partial charge >= 0.3 is 0 Å². The third-order valence-electron chi connectivity index (χ3n) is 7.06. The Bertz CT molecular complexity index is 966. The normalized spacial score (nSPS) is 24.8. The highest BCUT2D eigenvalue weighted by Gasteiger charge is 2.38. The van der Waals surface area contributed by atoms with E-state index in [1.807, 2.05) is 22.5 Å². The van der Waals surface area contributed by atoms with Crippen molar-refractivity contribution in [1.29, 1.82) is 0 Å². The minimum absolute atomic E-state index is 0.0970. The highest BCUT2D eigenvalue weighted by molar-refractivity contribution is 7.89. The van der Waals surface area contributed by atoms with E-state index in [1.54, 1.807) is 12.1 Å². The maximum Gasteiger partial charge on any atom is 0.243 e. The summed E-state index contributed by atoms with van der Waals surface area (Å²) in [7, 11) is -3.46. The highest BCUT2D eigenvalue weighted by atomic mass is 32.2. The van der Waals surface area contributed by atoms with E-state index < -0.39 is 10.0 Å². The van der Waals surface area contributed by atoms with Gasteiger partial charge in [-0.3, -0.25) is 4.90 Å². The maximum absolute atomic E-state index is 13.4. The van der Waals surface area contributed by atoms with E-state index in [2.05, 4.69) is 15.0 Å². The zero-order valence-electron chi connectivity index (χ0n) is 18.0. The van der Waals surface area contributed by atoms with E-state index in [4.69, 9.17) is 4.52 Å². The Hall–Kier alpha value is -1.77. The molecule has 0 radical (unpaired) electrons. The summed E-state index contributed by atoms with van der Waals surface area (Å²) in [6.07, 6.45) is 8.49. The molecule has 3 aliphatic rings.